The predicted octanol–water partition coefficient (Wildman–Crippen LogP) is 3.99. The van der Waals surface area contributed by atoms with E-state index in [1.807, 2.05) is 66.7 Å². The van der Waals surface area contributed by atoms with Gasteiger partial charge in [0.2, 0.25) is 0 Å². The lowest BCUT2D eigenvalue weighted by molar-refractivity contribution is -0.141. The molecule has 4 rings (SSSR count). The van der Waals surface area contributed by atoms with Gasteiger partial charge in [-0.15, -0.1) is 0 Å². The molecule has 7 heteroatoms. The van der Waals surface area contributed by atoms with Gasteiger partial charge in [-0.1, -0.05) is 128 Å². The van der Waals surface area contributed by atoms with Crippen molar-refractivity contribution in [2.24, 2.45) is 0 Å². The Balaban J connectivity index is 1.72. The Kier molecular flexibility index (Phi) is 8.83. The Morgan fingerprint density at radius 2 is 1.36 bits per heavy atom. The highest BCUT2D eigenvalue weighted by atomic mass is 79.9. The number of hydrogen-bond donors (Lipinski definition) is 2. The maximum Gasteiger partial charge on any atom is 0.261 e. The second kappa shape index (κ2) is 11.7. The summed E-state index contributed by atoms with van der Waals surface area (Å²) in [5.41, 5.74) is 0.980. The van der Waals surface area contributed by atoms with E-state index in [0.29, 0.717) is 11.9 Å². The molecule has 0 aromatic heterocycles. The molecular formula is C29H35BrO5Si. The van der Waals surface area contributed by atoms with E-state index in [9.17, 15) is 10.2 Å². The average Bonchev–Trinajstić information content (AvgIpc) is 3.17. The molecule has 5 nitrogen and oxygen atoms in total. The number of hydrogen-bond acceptors (Lipinski definition) is 5. The topological polar surface area (TPSA) is 68.2 Å². The molecule has 0 amide bonds. The highest BCUT2D eigenvalue weighted by Gasteiger charge is 2.55. The Morgan fingerprint density at radius 3 is 1.83 bits per heavy atom. The van der Waals surface area contributed by atoms with E-state index in [1.165, 1.54) is 0 Å². The Hall–Kier alpha value is -1.84. The summed E-state index contributed by atoms with van der Waals surface area (Å²) in [6.45, 7) is 6.94. The molecule has 1 heterocycles. The minimum absolute atomic E-state index is 0.230. The first-order chi connectivity index (χ1) is 17.3. The fraction of sp³-hybridized carbons (Fsp3) is 0.379. The maximum atomic E-state index is 10.8. The standard InChI is InChI=1S/C29H35BrO5Si/c1-29(2,3)36(22-15-9-5-10-16-22,23-17-11-6-12-18-23)35-24(19-30)26-27(25(31)28(32)34-26)33-20-21-13-7-4-8-14-21/h4-18,24-28,31-32H,19-20H2,1-3H3/t24-,25-,26-,27+,28?/m1/s1. The Labute approximate surface area is 223 Å². The maximum absolute atomic E-state index is 10.8. The van der Waals surface area contributed by atoms with E-state index in [1.54, 1.807) is 0 Å². The molecule has 1 saturated heterocycles. The van der Waals surface area contributed by atoms with E-state index in [-0.39, 0.29) is 5.04 Å². The Morgan fingerprint density at radius 1 is 0.861 bits per heavy atom. The number of rotatable bonds is 9. The fourth-order valence-corrected chi connectivity index (χ4v) is 10.5. The normalized spacial score (nSPS) is 23.5. The van der Waals surface area contributed by atoms with Crippen LogP contribution in [0.3, 0.4) is 0 Å². The summed E-state index contributed by atoms with van der Waals surface area (Å²) in [6, 6.07) is 30.5. The summed E-state index contributed by atoms with van der Waals surface area (Å²) in [4.78, 5) is 0. The van der Waals surface area contributed by atoms with Crippen molar-refractivity contribution in [3.8, 4) is 0 Å². The quantitative estimate of drug-likeness (QED) is 0.301. The second-order valence-electron chi connectivity index (χ2n) is 10.2. The van der Waals surface area contributed by atoms with Gasteiger partial charge in [-0.3, -0.25) is 0 Å². The third kappa shape index (κ3) is 5.53. The third-order valence-electron chi connectivity index (χ3n) is 6.80. The van der Waals surface area contributed by atoms with Crippen molar-refractivity contribution in [3.63, 3.8) is 0 Å². The van der Waals surface area contributed by atoms with Gasteiger partial charge in [-0.05, 0) is 21.0 Å². The van der Waals surface area contributed by atoms with Crippen LogP contribution in [0.2, 0.25) is 5.04 Å². The second-order valence-corrected chi connectivity index (χ2v) is 15.1. The molecule has 1 unspecified atom stereocenters. The number of halogens is 1. The number of benzene rings is 3. The molecule has 1 fully saturated rings. The molecule has 2 N–H and O–H groups in total. The van der Waals surface area contributed by atoms with Gasteiger partial charge in [0.1, 0.15) is 18.3 Å². The molecule has 0 bridgehead atoms. The van der Waals surface area contributed by atoms with Crippen molar-refractivity contribution in [1.29, 1.82) is 0 Å². The Bertz CT molecular complexity index is 1040. The number of alkyl halides is 1. The van der Waals surface area contributed by atoms with Crippen molar-refractivity contribution in [1.82, 2.24) is 0 Å². The van der Waals surface area contributed by atoms with Crippen LogP contribution in [0.5, 0.6) is 0 Å². The fourth-order valence-electron chi connectivity index (χ4n) is 5.04. The number of ether oxygens (including phenoxy) is 2. The highest BCUT2D eigenvalue weighted by Crippen LogP contribution is 2.39. The van der Waals surface area contributed by atoms with Crippen molar-refractivity contribution in [2.75, 3.05) is 5.33 Å². The third-order valence-corrected chi connectivity index (χ3v) is 12.5. The van der Waals surface area contributed by atoms with E-state index in [2.05, 4.69) is 61.0 Å². The molecule has 1 aliphatic heterocycles. The molecule has 0 spiro atoms. The van der Waals surface area contributed by atoms with E-state index >= 15 is 0 Å². The van der Waals surface area contributed by atoms with Gasteiger partial charge >= 0.3 is 0 Å². The van der Waals surface area contributed by atoms with Crippen molar-refractivity contribution >= 4 is 34.6 Å². The molecule has 0 radical (unpaired) electrons. The van der Waals surface area contributed by atoms with Crippen molar-refractivity contribution in [3.05, 3.63) is 96.6 Å². The van der Waals surface area contributed by atoms with Gasteiger partial charge in [0.25, 0.3) is 8.32 Å². The lowest BCUT2D eigenvalue weighted by atomic mass is 10.1. The monoisotopic (exact) mass is 570 g/mol. The first-order valence-corrected chi connectivity index (χ1v) is 15.3. The first-order valence-electron chi connectivity index (χ1n) is 12.3. The average molecular weight is 572 g/mol. The van der Waals surface area contributed by atoms with Crippen LogP contribution in [0.4, 0.5) is 0 Å². The molecule has 36 heavy (non-hydrogen) atoms. The molecule has 3 aromatic rings. The van der Waals surface area contributed by atoms with E-state index < -0.39 is 39.0 Å². The summed E-state index contributed by atoms with van der Waals surface area (Å²) in [5, 5.41) is 23.8. The smallest absolute Gasteiger partial charge is 0.261 e. The highest BCUT2D eigenvalue weighted by molar-refractivity contribution is 9.09. The molecule has 0 saturated carbocycles. The number of aliphatic hydroxyl groups is 2. The zero-order valence-corrected chi connectivity index (χ0v) is 23.5. The van der Waals surface area contributed by atoms with Gasteiger partial charge in [0.15, 0.2) is 6.29 Å². The first kappa shape index (κ1) is 27.2. The molecule has 0 aliphatic carbocycles. The van der Waals surface area contributed by atoms with Crippen molar-refractivity contribution in [2.45, 2.75) is 63.1 Å². The van der Waals surface area contributed by atoms with Crippen molar-refractivity contribution < 1.29 is 24.1 Å². The zero-order chi connectivity index (χ0) is 25.8. The summed E-state index contributed by atoms with van der Waals surface area (Å²) in [7, 11) is -2.89. The largest absolute Gasteiger partial charge is 0.401 e. The van der Waals surface area contributed by atoms with E-state index in [0.717, 1.165) is 15.9 Å². The van der Waals surface area contributed by atoms with Gasteiger partial charge in [-0.25, -0.2) is 0 Å². The van der Waals surface area contributed by atoms with Gasteiger partial charge in [0, 0.05) is 5.33 Å². The SMILES string of the molecule is CC(C)(C)[Si](O[C@H](CBr)[C@H]1OC(O)[C@H](O)[C@@H]1OCc1ccccc1)(c1ccccc1)c1ccccc1. The van der Waals surface area contributed by atoms with Crippen LogP contribution >= 0.6 is 15.9 Å². The zero-order valence-electron chi connectivity index (χ0n) is 21.0. The summed E-state index contributed by atoms with van der Waals surface area (Å²) in [6.07, 6.45) is -4.42. The molecule has 5 atom stereocenters. The van der Waals surface area contributed by atoms with Crippen LogP contribution in [0.15, 0.2) is 91.0 Å². The molecular weight excluding hydrogens is 536 g/mol. The van der Waals surface area contributed by atoms with Gasteiger partial charge < -0.3 is 24.1 Å². The minimum atomic E-state index is -2.89. The number of aliphatic hydroxyl groups excluding tert-OH is 2. The van der Waals surface area contributed by atoms with Gasteiger partial charge in [0.05, 0.1) is 12.7 Å². The lowest BCUT2D eigenvalue weighted by Gasteiger charge is -2.46. The van der Waals surface area contributed by atoms with Gasteiger partial charge in [-0.2, -0.15) is 0 Å². The summed E-state index contributed by atoms with van der Waals surface area (Å²) >= 11 is 3.65. The van der Waals surface area contributed by atoms with Crippen LogP contribution in [0, 0.1) is 0 Å². The van der Waals surface area contributed by atoms with Crippen LogP contribution in [0.1, 0.15) is 26.3 Å². The van der Waals surface area contributed by atoms with E-state index in [4.69, 9.17) is 13.9 Å². The molecule has 3 aromatic carbocycles. The summed E-state index contributed by atoms with van der Waals surface area (Å²) in [5.74, 6) is 0. The van der Waals surface area contributed by atoms with Crippen LogP contribution < -0.4 is 10.4 Å². The summed E-state index contributed by atoms with van der Waals surface area (Å²) < 4.78 is 19.3. The lowest BCUT2D eigenvalue weighted by Crippen LogP contribution is -2.69. The van der Waals surface area contributed by atoms with Crippen LogP contribution in [-0.4, -0.2) is 54.6 Å². The van der Waals surface area contributed by atoms with Crippen LogP contribution in [0.25, 0.3) is 0 Å². The molecule has 1 aliphatic rings. The predicted molar refractivity (Wildman–Crippen MR) is 148 cm³/mol. The minimum Gasteiger partial charge on any atom is -0.401 e. The van der Waals surface area contributed by atoms with Crippen LogP contribution in [-0.2, 0) is 20.5 Å². The molecule has 192 valence electrons.